The van der Waals surface area contributed by atoms with Crippen molar-refractivity contribution in [2.45, 2.75) is 24.5 Å². The number of hydrogen-bond acceptors (Lipinski definition) is 4. The second-order valence-electron chi connectivity index (χ2n) is 3.15. The van der Waals surface area contributed by atoms with E-state index in [0.29, 0.717) is 0 Å². The Morgan fingerprint density at radius 1 is 1.40 bits per heavy atom. The molecule has 60 valence electrons. The van der Waals surface area contributed by atoms with Crippen molar-refractivity contribution in [3.63, 3.8) is 0 Å². The molecule has 1 fully saturated rings. The van der Waals surface area contributed by atoms with Gasteiger partial charge in [-0.3, -0.25) is 4.18 Å². The topological polar surface area (TPSA) is 9.23 Å². The first-order chi connectivity index (χ1) is 4.46. The summed E-state index contributed by atoms with van der Waals surface area (Å²) in [5.74, 6) is 1.04. The van der Waals surface area contributed by atoms with Crippen molar-refractivity contribution in [1.82, 2.24) is 0 Å². The van der Waals surface area contributed by atoms with E-state index in [1.54, 1.807) is 0 Å². The van der Waals surface area contributed by atoms with Gasteiger partial charge in [0.05, 0.1) is 0 Å². The average molecular weight is 196 g/mol. The van der Waals surface area contributed by atoms with Crippen LogP contribution in [-0.4, -0.2) is 10.0 Å². The minimum Gasteiger partial charge on any atom is -0.287 e. The predicted molar refractivity (Wildman–Crippen MR) is 52.6 cm³/mol. The third kappa shape index (κ3) is 1.60. The third-order valence-corrected chi connectivity index (χ3v) is 4.25. The van der Waals surface area contributed by atoms with Gasteiger partial charge in [-0.1, -0.05) is 13.8 Å². The van der Waals surface area contributed by atoms with E-state index in [2.05, 4.69) is 39.1 Å². The zero-order chi connectivity index (χ0) is 7.83. The van der Waals surface area contributed by atoms with Crippen LogP contribution in [-0.2, 0) is 4.18 Å². The molecule has 0 spiro atoms. The highest BCUT2D eigenvalue weighted by Crippen LogP contribution is 2.49. The molecule has 0 unspecified atom stereocenters. The number of hydrogen-bond donors (Lipinski definition) is 2. The summed E-state index contributed by atoms with van der Waals surface area (Å²) in [6.07, 6.45) is 1.10. The third-order valence-electron chi connectivity index (χ3n) is 1.87. The quantitative estimate of drug-likeness (QED) is 0.350. The van der Waals surface area contributed by atoms with Crippen LogP contribution in [0.15, 0.2) is 0 Å². The van der Waals surface area contributed by atoms with Gasteiger partial charge >= 0.3 is 0 Å². The second-order valence-corrected chi connectivity index (χ2v) is 5.57. The molecular formula is C6H12OS3. The van der Waals surface area contributed by atoms with Crippen LogP contribution in [0, 0.1) is 5.41 Å². The van der Waals surface area contributed by atoms with Crippen LogP contribution >= 0.6 is 37.3 Å². The van der Waals surface area contributed by atoms with Crippen LogP contribution in [0.25, 0.3) is 0 Å². The normalized spacial score (nSPS) is 30.0. The summed E-state index contributed by atoms with van der Waals surface area (Å²) in [4.78, 5) is 0. The lowest BCUT2D eigenvalue weighted by molar-refractivity contribution is 0.127. The molecule has 10 heavy (non-hydrogen) atoms. The summed E-state index contributed by atoms with van der Waals surface area (Å²) in [6, 6.07) is 0. The van der Waals surface area contributed by atoms with Crippen molar-refractivity contribution >= 4 is 37.3 Å². The van der Waals surface area contributed by atoms with Gasteiger partial charge in [-0.15, -0.1) is 25.3 Å². The average Bonchev–Trinajstić information content (AvgIpc) is 1.77. The summed E-state index contributed by atoms with van der Waals surface area (Å²) in [5.41, 5.74) is 0.0600. The van der Waals surface area contributed by atoms with Crippen LogP contribution in [0.1, 0.15) is 20.3 Å². The zero-order valence-electron chi connectivity index (χ0n) is 6.13. The molecule has 0 aromatic carbocycles. The lowest BCUT2D eigenvalue weighted by atomic mass is 9.90. The standard InChI is InChI=1S/C6H12OS3/c1-5(2)3-4-10-7-6(5,8)9/h8-9H,3-4H2,1-2H3. The molecule has 0 atom stereocenters. The highest BCUT2D eigenvalue weighted by atomic mass is 32.2. The van der Waals surface area contributed by atoms with Crippen molar-refractivity contribution in [2.75, 3.05) is 5.75 Å². The lowest BCUT2D eigenvalue weighted by Gasteiger charge is -2.41. The SMILES string of the molecule is CC1(C)CCSOC1(S)S. The summed E-state index contributed by atoms with van der Waals surface area (Å²) in [6.45, 7) is 4.24. The smallest absolute Gasteiger partial charge is 0.173 e. The molecule has 0 saturated carbocycles. The van der Waals surface area contributed by atoms with Gasteiger partial charge in [0.1, 0.15) is 0 Å². The summed E-state index contributed by atoms with van der Waals surface area (Å²) >= 11 is 10.1. The maximum absolute atomic E-state index is 5.33. The van der Waals surface area contributed by atoms with Crippen LogP contribution < -0.4 is 0 Å². The minimum absolute atomic E-state index is 0.0600. The van der Waals surface area contributed by atoms with Gasteiger partial charge in [-0.25, -0.2) is 0 Å². The van der Waals surface area contributed by atoms with Gasteiger partial charge in [0.15, 0.2) is 4.27 Å². The first kappa shape index (κ1) is 9.10. The van der Waals surface area contributed by atoms with E-state index >= 15 is 0 Å². The molecule has 1 rings (SSSR count). The summed E-state index contributed by atoms with van der Waals surface area (Å²) < 4.78 is 4.75. The van der Waals surface area contributed by atoms with E-state index in [-0.39, 0.29) is 5.41 Å². The maximum Gasteiger partial charge on any atom is 0.173 e. The molecular weight excluding hydrogens is 184 g/mol. The fourth-order valence-electron chi connectivity index (χ4n) is 0.696. The largest absolute Gasteiger partial charge is 0.287 e. The fourth-order valence-corrected chi connectivity index (χ4v) is 2.30. The van der Waals surface area contributed by atoms with Crippen molar-refractivity contribution in [1.29, 1.82) is 0 Å². The van der Waals surface area contributed by atoms with E-state index in [4.69, 9.17) is 4.18 Å². The van der Waals surface area contributed by atoms with E-state index in [1.165, 1.54) is 12.0 Å². The molecule has 1 heterocycles. The zero-order valence-corrected chi connectivity index (χ0v) is 8.73. The molecule has 0 aromatic rings. The Bertz CT molecular complexity index is 117. The second kappa shape index (κ2) is 2.81. The Labute approximate surface area is 77.3 Å². The molecule has 0 aliphatic carbocycles. The van der Waals surface area contributed by atoms with Gasteiger partial charge in [0, 0.05) is 11.2 Å². The maximum atomic E-state index is 5.33. The van der Waals surface area contributed by atoms with Gasteiger partial charge < -0.3 is 0 Å². The van der Waals surface area contributed by atoms with Gasteiger partial charge in [0.2, 0.25) is 0 Å². The Kier molecular flexibility index (Phi) is 2.56. The van der Waals surface area contributed by atoms with Crippen LogP contribution in [0.5, 0.6) is 0 Å². The Balaban J connectivity index is 2.70. The molecule has 0 amide bonds. The molecule has 1 aliphatic rings. The summed E-state index contributed by atoms with van der Waals surface area (Å²) in [7, 11) is 0. The van der Waals surface area contributed by atoms with Crippen LogP contribution in [0.2, 0.25) is 0 Å². The molecule has 1 nitrogen and oxygen atoms in total. The summed E-state index contributed by atoms with van der Waals surface area (Å²) in [5, 5.41) is 0. The Morgan fingerprint density at radius 2 is 2.00 bits per heavy atom. The molecule has 0 radical (unpaired) electrons. The first-order valence-electron chi connectivity index (χ1n) is 3.21. The fraction of sp³-hybridized carbons (Fsp3) is 1.00. The van der Waals surface area contributed by atoms with E-state index in [9.17, 15) is 0 Å². The van der Waals surface area contributed by atoms with Gasteiger partial charge in [-0.2, -0.15) is 0 Å². The highest BCUT2D eigenvalue weighted by Gasteiger charge is 2.43. The predicted octanol–water partition coefficient (Wildman–Crippen LogP) is 2.59. The van der Waals surface area contributed by atoms with Crippen molar-refractivity contribution in [3.8, 4) is 0 Å². The van der Waals surface area contributed by atoms with Crippen LogP contribution in [0.4, 0.5) is 0 Å². The van der Waals surface area contributed by atoms with E-state index in [1.807, 2.05) is 0 Å². The van der Waals surface area contributed by atoms with E-state index in [0.717, 1.165) is 12.2 Å². The Morgan fingerprint density at radius 3 is 2.30 bits per heavy atom. The Hall–Kier alpha value is 1.01. The highest BCUT2D eigenvalue weighted by molar-refractivity contribution is 8.02. The minimum atomic E-state index is -0.573. The molecule has 1 aliphatic heterocycles. The molecule has 0 bridgehead atoms. The molecule has 4 heteroatoms. The van der Waals surface area contributed by atoms with E-state index < -0.39 is 4.27 Å². The molecule has 0 N–H and O–H groups in total. The van der Waals surface area contributed by atoms with Crippen LogP contribution in [0.3, 0.4) is 0 Å². The van der Waals surface area contributed by atoms with Crippen molar-refractivity contribution in [2.24, 2.45) is 5.41 Å². The van der Waals surface area contributed by atoms with Gasteiger partial charge in [0.25, 0.3) is 0 Å². The van der Waals surface area contributed by atoms with Crippen molar-refractivity contribution in [3.05, 3.63) is 0 Å². The monoisotopic (exact) mass is 196 g/mol. The number of rotatable bonds is 0. The molecule has 0 aromatic heterocycles. The molecule has 1 saturated heterocycles. The van der Waals surface area contributed by atoms with Gasteiger partial charge in [-0.05, 0) is 18.5 Å². The first-order valence-corrected chi connectivity index (χ1v) is 5.02. The van der Waals surface area contributed by atoms with Crippen molar-refractivity contribution < 1.29 is 4.18 Å². The lowest BCUT2D eigenvalue weighted by Crippen LogP contribution is -2.39. The number of thiol groups is 2.